The number of benzene rings is 3. The van der Waals surface area contributed by atoms with Gasteiger partial charge in [-0.3, -0.25) is 19.2 Å². The summed E-state index contributed by atoms with van der Waals surface area (Å²) < 4.78 is 15.5. The van der Waals surface area contributed by atoms with Crippen LogP contribution in [0.5, 0.6) is 0 Å². The zero-order valence-electron chi connectivity index (χ0n) is 37.9. The first-order valence-electron chi connectivity index (χ1n) is 20.9. The number of methoxy groups -OCH3 is 1. The van der Waals surface area contributed by atoms with Gasteiger partial charge in [0, 0.05) is 37.9 Å². The number of allylic oxidation sites excluding steroid dienone is 4. The fourth-order valence-corrected chi connectivity index (χ4v) is 6.11. The Morgan fingerprint density at radius 1 is 0.742 bits per heavy atom. The van der Waals surface area contributed by atoms with Crippen molar-refractivity contribution in [2.75, 3.05) is 20.8 Å². The quantitative estimate of drug-likeness (QED) is 0.0134. The van der Waals surface area contributed by atoms with Gasteiger partial charge in [-0.1, -0.05) is 116 Å². The molecule has 0 radical (unpaired) electrons. The van der Waals surface area contributed by atoms with Gasteiger partial charge < -0.3 is 24.2 Å². The molecule has 1 fully saturated rings. The average Bonchev–Trinajstić information content (AvgIpc) is 3.85. The van der Waals surface area contributed by atoms with Crippen LogP contribution < -0.4 is 0 Å². The van der Waals surface area contributed by atoms with E-state index < -0.39 is 32.9 Å². The average molecular weight is 1070 g/mol. The first-order valence-corrected chi connectivity index (χ1v) is 28.6. The van der Waals surface area contributed by atoms with Crippen LogP contribution in [0.3, 0.4) is 0 Å². The van der Waals surface area contributed by atoms with E-state index in [-0.39, 0.29) is 35.0 Å². The van der Waals surface area contributed by atoms with E-state index in [1.807, 2.05) is 130 Å². The zero-order chi connectivity index (χ0) is 49.7. The summed E-state index contributed by atoms with van der Waals surface area (Å²) >= 11 is 14.2. The summed E-state index contributed by atoms with van der Waals surface area (Å²) in [6.45, 7) is 10.2. The standard InChI is InChI=1S/C27H32O5.C10H10O.C7H11ClO3.C5H8Cl2O.3ClH.Ti/c1-4-8-20-12-16-22(17-13-20)26(30)27(23-18-14-21(9-5-2)15-19-23)32-25(29)11-7-6-10-24(28)31-3;1-2-3-9-4-6-10(8-11)7-5-9;1-6(11-10-2)4-3-5-7(8)9;6-5(7)4-2-1-3-8-4;;;;/h4-5,8-9,12-19,26-27,30H,6-7,10-11H2,1-3H3;2-8H,1H3;1,3-5H2,2H3;4-5H,1-3H2;3*1H;/q;;;;;;;+3/p-3/b8-4+,9-5+;3-2+;;;;;;. The monoisotopic (exact) mass is 1070 g/mol. The minimum atomic E-state index is -1.92. The fraction of sp³-hybridized carbons (Fsp3) is 0.388. The van der Waals surface area contributed by atoms with Crippen LogP contribution in [0.15, 0.2) is 103 Å². The van der Waals surface area contributed by atoms with Gasteiger partial charge in [0.2, 0.25) is 5.24 Å². The molecule has 0 spiro atoms. The van der Waals surface area contributed by atoms with Crippen LogP contribution in [0.4, 0.5) is 0 Å². The molecule has 0 saturated carbocycles. The fourth-order valence-electron chi connectivity index (χ4n) is 5.58. The molecule has 66 heavy (non-hydrogen) atoms. The molecule has 1 N–H and O–H groups in total. The molecule has 3 atom stereocenters. The summed E-state index contributed by atoms with van der Waals surface area (Å²) in [4.78, 5) is 52.8. The number of esters is 2. The predicted molar refractivity (Wildman–Crippen MR) is 267 cm³/mol. The number of unbranched alkanes of at least 4 members (excludes halogenated alkanes) is 1. The third-order valence-corrected chi connectivity index (χ3v) is 9.50. The van der Waals surface area contributed by atoms with Crippen molar-refractivity contribution in [3.63, 3.8) is 0 Å². The molecule has 0 bridgehead atoms. The van der Waals surface area contributed by atoms with Gasteiger partial charge in [-0.15, -0.1) is 23.2 Å². The molecule has 0 aromatic heterocycles. The molecule has 10 nitrogen and oxygen atoms in total. The number of rotatable bonds is 20. The Morgan fingerprint density at radius 2 is 1.20 bits per heavy atom. The number of carbonyl (C=O) groups excluding carboxylic acids is 4. The third-order valence-electron chi connectivity index (χ3n) is 8.75. The van der Waals surface area contributed by atoms with Crippen molar-refractivity contribution in [1.82, 2.24) is 0 Å². The van der Waals surface area contributed by atoms with E-state index >= 15 is 0 Å². The van der Waals surface area contributed by atoms with E-state index in [1.165, 1.54) is 14.2 Å². The maximum atomic E-state index is 12.5. The maximum absolute atomic E-state index is 12.5. The number of aliphatic hydroxyl groups is 1. The second-order valence-corrected chi connectivity index (χ2v) is 23.2. The second kappa shape index (κ2) is 40.0. The molecule has 1 saturated heterocycles. The zero-order valence-corrected chi connectivity index (χ0v) is 44.0. The number of hydrogen-bond donors (Lipinski definition) is 1. The molecule has 0 aliphatic carbocycles. The summed E-state index contributed by atoms with van der Waals surface area (Å²) in [5, 5.41) is 10.7. The Balaban J connectivity index is 0.00000100. The normalized spacial score (nSPS) is 13.7. The van der Waals surface area contributed by atoms with Gasteiger partial charge in [-0.05, 0) is 92.3 Å². The van der Waals surface area contributed by atoms with Crippen molar-refractivity contribution < 1.29 is 63.0 Å². The molecule has 3 aromatic carbocycles. The summed E-state index contributed by atoms with van der Waals surface area (Å²) in [5.74, 6) is -0.207. The van der Waals surface area contributed by atoms with Crippen molar-refractivity contribution in [2.45, 2.75) is 102 Å². The number of carbonyl (C=O) groups is 4. The van der Waals surface area contributed by atoms with Crippen LogP contribution in [0.1, 0.15) is 129 Å². The Morgan fingerprint density at radius 3 is 1.58 bits per heavy atom. The molecular weight excluding hydrogens is 1010 g/mol. The number of alkyl halides is 2. The van der Waals surface area contributed by atoms with Crippen molar-refractivity contribution in [3.8, 4) is 0 Å². The van der Waals surface area contributed by atoms with E-state index in [4.69, 9.17) is 72.2 Å². The van der Waals surface area contributed by atoms with Gasteiger partial charge in [-0.2, -0.15) is 4.89 Å². The molecule has 0 amide bonds. The van der Waals surface area contributed by atoms with Gasteiger partial charge in [0.15, 0.2) is 6.10 Å². The van der Waals surface area contributed by atoms with Gasteiger partial charge in [0.25, 0.3) is 0 Å². The van der Waals surface area contributed by atoms with E-state index in [2.05, 4.69) is 21.1 Å². The van der Waals surface area contributed by atoms with Crippen LogP contribution in [0, 0.1) is 0 Å². The van der Waals surface area contributed by atoms with Crippen molar-refractivity contribution in [3.05, 3.63) is 137 Å². The van der Waals surface area contributed by atoms with E-state index in [0.29, 0.717) is 49.0 Å². The summed E-state index contributed by atoms with van der Waals surface area (Å²) in [6.07, 6.45) is 16.1. The van der Waals surface area contributed by atoms with E-state index in [0.717, 1.165) is 48.0 Å². The summed E-state index contributed by atoms with van der Waals surface area (Å²) in [7, 11) is 17.7. The van der Waals surface area contributed by atoms with Gasteiger partial charge in [0.05, 0.1) is 20.3 Å². The molecule has 3 aromatic rings. The number of halogens is 6. The molecular formula is C49H61Cl6O10Ti. The second-order valence-electron chi connectivity index (χ2n) is 13.9. The Hall–Kier alpha value is -2.97. The van der Waals surface area contributed by atoms with Crippen LogP contribution in [0.2, 0.25) is 0 Å². The number of hydrogen-bond acceptors (Lipinski definition) is 10. The molecule has 3 unspecified atom stereocenters. The van der Waals surface area contributed by atoms with Crippen LogP contribution in [-0.4, -0.2) is 60.3 Å². The first-order chi connectivity index (χ1) is 31.5. The van der Waals surface area contributed by atoms with E-state index in [9.17, 15) is 24.3 Å². The molecule has 363 valence electrons. The van der Waals surface area contributed by atoms with E-state index in [1.54, 1.807) is 0 Å². The van der Waals surface area contributed by atoms with Gasteiger partial charge >= 0.3 is 54.5 Å². The van der Waals surface area contributed by atoms with Crippen LogP contribution >= 0.6 is 62.7 Å². The number of aldehydes is 1. The first kappa shape index (κ1) is 63.0. The Bertz CT molecular complexity index is 1880. The van der Waals surface area contributed by atoms with Gasteiger partial charge in [-0.25, -0.2) is 0 Å². The molecule has 4 rings (SSSR count). The topological polar surface area (TPSA) is 135 Å². The van der Waals surface area contributed by atoms with Gasteiger partial charge in [0.1, 0.15) is 23.0 Å². The van der Waals surface area contributed by atoms with Crippen molar-refractivity contribution in [2.24, 2.45) is 0 Å². The Labute approximate surface area is 423 Å². The predicted octanol–water partition coefficient (Wildman–Crippen LogP) is 14.4. The third kappa shape index (κ3) is 31.9. The van der Waals surface area contributed by atoms with Crippen LogP contribution in [0.25, 0.3) is 18.2 Å². The summed E-state index contributed by atoms with van der Waals surface area (Å²) in [5.41, 5.74) is 5.27. The SMILES string of the molecule is C/C=C/c1ccc(C(O)C(OC(=O)CCCCC(=O)OC)c2ccc(/C=C/C)cc2)cc1.C/C=C/c1ccc(C=O)cc1.C=C(CCCC(=O)Cl)OOC.ClC(Cl)C1CCCO1.[Cl][Ti]([Cl])[Cl]. The molecule has 1 aliphatic heterocycles. The summed E-state index contributed by atoms with van der Waals surface area (Å²) in [6, 6.07) is 22.5. The molecule has 1 aliphatic rings. The van der Waals surface area contributed by atoms with Crippen LogP contribution in [-0.2, 0) is 53.1 Å². The van der Waals surface area contributed by atoms with Crippen molar-refractivity contribution in [1.29, 1.82) is 0 Å². The van der Waals surface area contributed by atoms with Crippen molar-refractivity contribution >= 4 is 104 Å². The Kier molecular flexibility index (Phi) is 38.2. The molecule has 17 heteroatoms. The number of aliphatic hydroxyl groups excluding tert-OH is 1. The number of ether oxygens (including phenoxy) is 3. The molecule has 1 heterocycles. The minimum absolute atomic E-state index is 0.0957.